The lowest BCUT2D eigenvalue weighted by molar-refractivity contribution is -0.120. The van der Waals surface area contributed by atoms with Gasteiger partial charge in [-0.2, -0.15) is 0 Å². The van der Waals surface area contributed by atoms with Gasteiger partial charge in [-0.25, -0.2) is 4.79 Å². The second kappa shape index (κ2) is 20.4. The molecule has 326 valence electrons. The lowest BCUT2D eigenvalue weighted by Gasteiger charge is -2.21. The maximum atomic E-state index is 12.2. The Morgan fingerprint density at radius 2 is 1.03 bits per heavy atom. The number of carbonyl (C=O) groups is 4. The summed E-state index contributed by atoms with van der Waals surface area (Å²) in [5.41, 5.74) is 7.11. The molecule has 0 radical (unpaired) electrons. The highest BCUT2D eigenvalue weighted by molar-refractivity contribution is 5.85. The van der Waals surface area contributed by atoms with E-state index in [1.165, 1.54) is 20.8 Å². The standard InChI is InChI=1S/C25H31N3O7.C20H23NO5/c1-14(29)26-10-11-27-25(31)35-17-7-8-18-19(13-17)20(28-15(2)30)9-6-16-12-21(32-3)23(33-4)24(34-5)22(16)18;1-11(22)21-16-8-5-12-9-17(24-2)19(25-3)20(26-4)18(12)14-7-6-13(23)10-15(14)16/h7-8,12-13,20H,6,9-11H2,1-5H3,(H,26,29)(H,27,31)(H,28,30);6-7,9-10,16,23H,5,8H2,1-4H3,(H,21,22)/t20-;16-/m00/s1. The molecule has 4 aromatic carbocycles. The quantitative estimate of drug-likeness (QED) is 0.105. The highest BCUT2D eigenvalue weighted by atomic mass is 16.6. The molecule has 2 aliphatic rings. The summed E-state index contributed by atoms with van der Waals surface area (Å²) < 4.78 is 39.0. The fraction of sp³-hybridized carbons (Fsp3) is 0.378. The van der Waals surface area contributed by atoms with Gasteiger partial charge >= 0.3 is 6.09 Å². The summed E-state index contributed by atoms with van der Waals surface area (Å²) in [6.07, 6.45) is 2.02. The number of fused-ring (bicyclic) bond motifs is 6. The molecule has 4 aromatic rings. The summed E-state index contributed by atoms with van der Waals surface area (Å²) in [7, 11) is 9.43. The van der Waals surface area contributed by atoms with E-state index in [1.807, 2.05) is 24.3 Å². The van der Waals surface area contributed by atoms with Crippen molar-refractivity contribution >= 4 is 23.8 Å². The molecule has 0 unspecified atom stereocenters. The summed E-state index contributed by atoms with van der Waals surface area (Å²) in [5, 5.41) is 21.2. The molecule has 2 aliphatic carbocycles. The molecule has 0 bridgehead atoms. The van der Waals surface area contributed by atoms with E-state index in [1.54, 1.807) is 66.9 Å². The molecule has 6 rings (SSSR count). The third kappa shape index (κ3) is 10.3. The van der Waals surface area contributed by atoms with Crippen molar-refractivity contribution in [3.8, 4) is 68.2 Å². The molecule has 0 saturated carbocycles. The second-order valence-corrected chi connectivity index (χ2v) is 14.3. The van der Waals surface area contributed by atoms with E-state index in [2.05, 4.69) is 21.3 Å². The minimum absolute atomic E-state index is 0.114. The number of phenols is 1. The molecule has 16 nitrogen and oxygen atoms in total. The lowest BCUT2D eigenvalue weighted by Crippen LogP contribution is -2.35. The van der Waals surface area contributed by atoms with Gasteiger partial charge in [0.15, 0.2) is 23.0 Å². The number of rotatable bonds is 12. The third-order valence-corrected chi connectivity index (χ3v) is 10.3. The highest BCUT2D eigenvalue weighted by Crippen LogP contribution is 2.52. The first-order valence-electron chi connectivity index (χ1n) is 19.6. The number of nitrogens with one attached hydrogen (secondary N) is 4. The minimum Gasteiger partial charge on any atom is -0.508 e. The number of hydrogen-bond acceptors (Lipinski definition) is 12. The van der Waals surface area contributed by atoms with Crippen molar-refractivity contribution < 1.29 is 57.4 Å². The van der Waals surface area contributed by atoms with Crippen molar-refractivity contribution in [1.82, 2.24) is 21.3 Å². The zero-order valence-electron chi connectivity index (χ0n) is 36.0. The van der Waals surface area contributed by atoms with Gasteiger partial charge in [-0.15, -0.1) is 0 Å². The number of amides is 4. The molecule has 0 heterocycles. The average molecular weight is 843 g/mol. The van der Waals surface area contributed by atoms with E-state index in [9.17, 15) is 24.3 Å². The molecule has 0 aromatic heterocycles. The molecule has 0 saturated heterocycles. The van der Waals surface area contributed by atoms with E-state index >= 15 is 0 Å². The van der Waals surface area contributed by atoms with Crippen molar-refractivity contribution in [1.29, 1.82) is 0 Å². The first-order chi connectivity index (χ1) is 29.3. The highest BCUT2D eigenvalue weighted by Gasteiger charge is 2.31. The van der Waals surface area contributed by atoms with Gasteiger partial charge in [0.1, 0.15) is 11.5 Å². The smallest absolute Gasteiger partial charge is 0.412 e. The number of phenolic OH excluding ortho intramolecular Hbond substituents is 1. The number of aryl methyl sites for hydroxylation is 2. The van der Waals surface area contributed by atoms with E-state index in [0.717, 1.165) is 44.5 Å². The minimum atomic E-state index is -0.649. The van der Waals surface area contributed by atoms with Crippen LogP contribution in [0.1, 0.15) is 68.0 Å². The van der Waals surface area contributed by atoms with Gasteiger partial charge in [-0.05, 0) is 95.5 Å². The molecule has 0 spiro atoms. The molecule has 2 atom stereocenters. The van der Waals surface area contributed by atoms with E-state index in [-0.39, 0.29) is 42.1 Å². The van der Waals surface area contributed by atoms with Crippen molar-refractivity contribution in [2.45, 2.75) is 58.5 Å². The van der Waals surface area contributed by atoms with Crippen molar-refractivity contribution in [2.75, 3.05) is 55.7 Å². The Kier molecular flexibility index (Phi) is 15.1. The third-order valence-electron chi connectivity index (χ3n) is 10.3. The SMILES string of the molecule is COc1cc2c(c(OC)c1OC)-c1ccc(O)cc1[C@@H](NC(C)=O)CC2.COc1cc2c(c(OC)c1OC)-c1ccc(OC(=O)NCCNC(C)=O)cc1[C@@H](NC(C)=O)CC2. The van der Waals surface area contributed by atoms with Crippen LogP contribution in [0, 0.1) is 0 Å². The van der Waals surface area contributed by atoms with Crippen molar-refractivity contribution in [3.05, 3.63) is 70.8 Å². The topological polar surface area (TPSA) is 201 Å². The van der Waals surface area contributed by atoms with Gasteiger partial charge < -0.3 is 59.5 Å². The summed E-state index contributed by atoms with van der Waals surface area (Å²) in [6, 6.07) is 13.8. The van der Waals surface area contributed by atoms with E-state index in [0.29, 0.717) is 72.5 Å². The van der Waals surface area contributed by atoms with Crippen LogP contribution < -0.4 is 54.4 Å². The Hall–Kier alpha value is -6.84. The normalized spacial score (nSPS) is 14.5. The van der Waals surface area contributed by atoms with Gasteiger partial charge in [-0.1, -0.05) is 12.1 Å². The molecule has 4 amide bonds. The zero-order chi connectivity index (χ0) is 44.4. The van der Waals surface area contributed by atoms with Crippen LogP contribution in [0.5, 0.6) is 46.0 Å². The first-order valence-corrected chi connectivity index (χ1v) is 19.6. The zero-order valence-corrected chi connectivity index (χ0v) is 36.0. The molecule has 5 N–H and O–H groups in total. The van der Waals surface area contributed by atoms with Crippen molar-refractivity contribution in [2.24, 2.45) is 0 Å². The predicted octanol–water partition coefficient (Wildman–Crippen LogP) is 5.94. The fourth-order valence-electron chi connectivity index (χ4n) is 7.83. The number of ether oxygens (including phenoxy) is 7. The van der Waals surface area contributed by atoms with Gasteiger partial charge in [0, 0.05) is 45.0 Å². The Bertz CT molecular complexity index is 2280. The fourth-order valence-corrected chi connectivity index (χ4v) is 7.83. The number of hydrogen-bond donors (Lipinski definition) is 5. The van der Waals surface area contributed by atoms with Crippen LogP contribution in [-0.4, -0.2) is 84.7 Å². The van der Waals surface area contributed by atoms with Crippen LogP contribution in [0.3, 0.4) is 0 Å². The number of aromatic hydroxyl groups is 1. The Morgan fingerprint density at radius 1 is 0.574 bits per heavy atom. The van der Waals surface area contributed by atoms with Crippen LogP contribution in [-0.2, 0) is 27.2 Å². The number of benzene rings is 4. The Morgan fingerprint density at radius 3 is 1.48 bits per heavy atom. The van der Waals surface area contributed by atoms with Gasteiger partial charge in [-0.3, -0.25) is 14.4 Å². The van der Waals surface area contributed by atoms with Gasteiger partial charge in [0.25, 0.3) is 0 Å². The van der Waals surface area contributed by atoms with E-state index < -0.39 is 6.09 Å². The van der Waals surface area contributed by atoms with Crippen LogP contribution in [0.2, 0.25) is 0 Å². The molecule has 16 heteroatoms. The van der Waals surface area contributed by atoms with Gasteiger partial charge in [0.05, 0.1) is 54.7 Å². The predicted molar refractivity (Wildman–Crippen MR) is 227 cm³/mol. The molecule has 0 aliphatic heterocycles. The second-order valence-electron chi connectivity index (χ2n) is 14.3. The maximum absolute atomic E-state index is 12.2. The summed E-state index contributed by atoms with van der Waals surface area (Å²) >= 11 is 0. The van der Waals surface area contributed by atoms with Crippen molar-refractivity contribution in [3.63, 3.8) is 0 Å². The van der Waals surface area contributed by atoms with Crippen LogP contribution in [0.4, 0.5) is 4.79 Å². The van der Waals surface area contributed by atoms with Crippen LogP contribution >= 0.6 is 0 Å². The summed E-state index contributed by atoms with van der Waals surface area (Å²) in [6.45, 7) is 4.88. The average Bonchev–Trinajstić information content (AvgIpc) is 3.47. The molecule has 61 heavy (non-hydrogen) atoms. The Balaban J connectivity index is 0.000000241. The van der Waals surface area contributed by atoms with Crippen LogP contribution in [0.25, 0.3) is 22.3 Å². The van der Waals surface area contributed by atoms with E-state index in [4.69, 9.17) is 33.2 Å². The molecular weight excluding hydrogens is 789 g/mol. The first kappa shape index (κ1) is 45.2. The monoisotopic (exact) mass is 842 g/mol. The number of carbonyl (C=O) groups excluding carboxylic acids is 4. The summed E-state index contributed by atoms with van der Waals surface area (Å²) in [5.74, 6) is 3.25. The number of methoxy groups -OCH3 is 6. The lowest BCUT2D eigenvalue weighted by atomic mass is 9.93. The largest absolute Gasteiger partial charge is 0.508 e. The Labute approximate surface area is 355 Å². The molecule has 0 fully saturated rings. The van der Waals surface area contributed by atoms with Crippen LogP contribution in [0.15, 0.2) is 48.5 Å². The summed E-state index contributed by atoms with van der Waals surface area (Å²) in [4.78, 5) is 46.9. The van der Waals surface area contributed by atoms with Gasteiger partial charge in [0.2, 0.25) is 29.2 Å². The molecular formula is C45H54N4O12. The maximum Gasteiger partial charge on any atom is 0.412 e.